The predicted molar refractivity (Wildman–Crippen MR) is 95.7 cm³/mol. The molecule has 24 heavy (non-hydrogen) atoms. The summed E-state index contributed by atoms with van der Waals surface area (Å²) in [5.74, 6) is -0.239. The van der Waals surface area contributed by atoms with Gasteiger partial charge in [-0.25, -0.2) is 4.79 Å². The lowest BCUT2D eigenvalue weighted by atomic mass is 10.2. The Morgan fingerprint density at radius 2 is 1.96 bits per heavy atom. The van der Waals surface area contributed by atoms with E-state index in [-0.39, 0.29) is 11.9 Å². The third kappa shape index (κ3) is 5.39. The molecule has 0 unspecified atom stereocenters. The van der Waals surface area contributed by atoms with E-state index in [2.05, 4.69) is 15.5 Å². The minimum atomic E-state index is -0.413. The molecule has 1 heterocycles. The molecule has 2 rings (SSSR count). The topological polar surface area (TPSA) is 65.9 Å². The highest BCUT2D eigenvalue weighted by molar-refractivity contribution is 6.33. The van der Waals surface area contributed by atoms with Gasteiger partial charge in [0.15, 0.2) is 6.54 Å². The zero-order chi connectivity index (χ0) is 17.5. The van der Waals surface area contributed by atoms with Crippen LogP contribution in [0, 0.1) is 0 Å². The Morgan fingerprint density at radius 3 is 2.58 bits per heavy atom. The van der Waals surface area contributed by atoms with Crippen molar-refractivity contribution in [2.75, 3.05) is 37.6 Å². The van der Waals surface area contributed by atoms with Gasteiger partial charge in [-0.05, 0) is 25.5 Å². The van der Waals surface area contributed by atoms with Crippen LogP contribution in [0.25, 0.3) is 0 Å². The molecule has 1 atom stereocenters. The summed E-state index contributed by atoms with van der Waals surface area (Å²) in [6, 6.07) is 7.44. The summed E-state index contributed by atoms with van der Waals surface area (Å²) >= 11 is 6.23. The van der Waals surface area contributed by atoms with Crippen molar-refractivity contribution in [1.29, 1.82) is 0 Å². The number of hydrogen-bond donors (Lipinski definition) is 3. The molecule has 1 saturated heterocycles. The van der Waals surface area contributed by atoms with E-state index in [1.807, 2.05) is 38.1 Å². The fourth-order valence-electron chi connectivity index (χ4n) is 2.71. The summed E-state index contributed by atoms with van der Waals surface area (Å²) in [6.45, 7) is 7.55. The van der Waals surface area contributed by atoms with E-state index in [0.29, 0.717) is 6.54 Å². The van der Waals surface area contributed by atoms with Crippen LogP contribution in [0.5, 0.6) is 0 Å². The zero-order valence-electron chi connectivity index (χ0n) is 14.3. The van der Waals surface area contributed by atoms with Crippen LogP contribution in [0.3, 0.4) is 0 Å². The number of urea groups is 1. The molecule has 0 radical (unpaired) electrons. The van der Waals surface area contributed by atoms with E-state index in [9.17, 15) is 9.59 Å². The fourth-order valence-corrected chi connectivity index (χ4v) is 2.96. The van der Waals surface area contributed by atoms with Gasteiger partial charge >= 0.3 is 6.03 Å². The lowest BCUT2D eigenvalue weighted by Gasteiger charge is -2.33. The van der Waals surface area contributed by atoms with Crippen molar-refractivity contribution in [2.24, 2.45) is 0 Å². The van der Waals surface area contributed by atoms with Gasteiger partial charge in [-0.15, -0.1) is 0 Å². The summed E-state index contributed by atoms with van der Waals surface area (Å²) < 4.78 is 0. The van der Waals surface area contributed by atoms with Gasteiger partial charge in [0.2, 0.25) is 0 Å². The maximum absolute atomic E-state index is 12.0. The Kier molecular flexibility index (Phi) is 6.87. The first kappa shape index (κ1) is 18.5. The molecule has 1 aromatic rings. The van der Waals surface area contributed by atoms with Gasteiger partial charge in [-0.1, -0.05) is 30.7 Å². The molecule has 0 saturated carbocycles. The highest BCUT2D eigenvalue weighted by Gasteiger charge is 2.24. The normalized spacial score (nSPS) is 16.5. The molecule has 3 N–H and O–H groups in total. The summed E-state index contributed by atoms with van der Waals surface area (Å²) in [7, 11) is 0. The van der Waals surface area contributed by atoms with E-state index >= 15 is 0 Å². The van der Waals surface area contributed by atoms with Crippen LogP contribution in [0.15, 0.2) is 24.3 Å². The molecule has 0 aromatic heterocycles. The average molecular weight is 354 g/mol. The van der Waals surface area contributed by atoms with Gasteiger partial charge in [0.05, 0.1) is 36.9 Å². The molecular weight excluding hydrogens is 328 g/mol. The predicted octanol–water partition coefficient (Wildman–Crippen LogP) is 0.669. The molecule has 7 heteroatoms. The van der Waals surface area contributed by atoms with Crippen molar-refractivity contribution < 1.29 is 14.5 Å². The first-order valence-electron chi connectivity index (χ1n) is 8.43. The van der Waals surface area contributed by atoms with Crippen molar-refractivity contribution in [3.05, 3.63) is 29.3 Å². The average Bonchev–Trinajstić information content (AvgIpc) is 2.55. The second-order valence-electron chi connectivity index (χ2n) is 6.20. The van der Waals surface area contributed by atoms with Crippen molar-refractivity contribution in [2.45, 2.75) is 26.3 Å². The van der Waals surface area contributed by atoms with Gasteiger partial charge in [0.1, 0.15) is 0 Å². The number of benzene rings is 1. The number of nitrogens with one attached hydrogen (secondary N) is 3. The maximum Gasteiger partial charge on any atom is 0.321 e. The van der Waals surface area contributed by atoms with Crippen LogP contribution >= 0.6 is 11.6 Å². The Labute approximate surface area is 148 Å². The number of quaternary nitrogens is 1. The number of para-hydroxylation sites is 1. The Balaban J connectivity index is 1.76. The van der Waals surface area contributed by atoms with Crippen LogP contribution in [0.4, 0.5) is 10.5 Å². The smallest absolute Gasteiger partial charge is 0.321 e. The molecule has 6 nitrogen and oxygen atoms in total. The second kappa shape index (κ2) is 8.89. The molecule has 1 fully saturated rings. The van der Waals surface area contributed by atoms with Gasteiger partial charge in [0, 0.05) is 6.04 Å². The number of anilines is 1. The molecule has 132 valence electrons. The molecule has 1 aliphatic heterocycles. The highest BCUT2D eigenvalue weighted by atomic mass is 35.5. The number of rotatable bonds is 5. The number of imide groups is 1. The Bertz CT molecular complexity index is 573. The lowest BCUT2D eigenvalue weighted by molar-refractivity contribution is -0.892. The third-order valence-corrected chi connectivity index (χ3v) is 4.64. The van der Waals surface area contributed by atoms with E-state index in [1.165, 1.54) is 4.90 Å². The number of carbonyl (C=O) groups excluding carboxylic acids is 2. The van der Waals surface area contributed by atoms with Gasteiger partial charge in [0.25, 0.3) is 5.91 Å². The number of nitrogens with zero attached hydrogens (tertiary/aromatic N) is 1. The largest absolute Gasteiger partial charge is 0.359 e. The van der Waals surface area contributed by atoms with Crippen molar-refractivity contribution in [1.82, 2.24) is 10.6 Å². The number of hydrogen-bond acceptors (Lipinski definition) is 3. The van der Waals surface area contributed by atoms with Crippen LogP contribution in [0.1, 0.15) is 20.3 Å². The minimum Gasteiger partial charge on any atom is -0.359 e. The molecule has 0 aliphatic carbocycles. The molecule has 1 aromatic carbocycles. The maximum atomic E-state index is 12.0. The minimum absolute atomic E-state index is 0.0595. The van der Waals surface area contributed by atoms with Crippen molar-refractivity contribution >= 4 is 29.2 Å². The zero-order valence-corrected chi connectivity index (χ0v) is 15.0. The van der Waals surface area contributed by atoms with Crippen LogP contribution in [0.2, 0.25) is 5.02 Å². The van der Waals surface area contributed by atoms with Crippen LogP contribution < -0.4 is 20.4 Å². The van der Waals surface area contributed by atoms with E-state index < -0.39 is 6.03 Å². The van der Waals surface area contributed by atoms with Gasteiger partial charge < -0.3 is 15.1 Å². The number of amides is 3. The molecule has 1 aliphatic rings. The van der Waals surface area contributed by atoms with E-state index in [4.69, 9.17) is 11.6 Å². The first-order valence-corrected chi connectivity index (χ1v) is 8.80. The fraction of sp³-hybridized carbons (Fsp3) is 0.529. The molecule has 0 bridgehead atoms. The number of carbonyl (C=O) groups is 2. The standard InChI is InChI=1S/C17H25ClN4O2/c1-3-13(2)19-17(24)20-16(23)12-21-8-10-22(11-9-21)15-7-5-4-6-14(15)18/h4-7,13H,3,8-12H2,1-2H3,(H2,19,20,23,24)/p+1/t13-/m0/s1. The monoisotopic (exact) mass is 353 g/mol. The molecule has 0 spiro atoms. The Hall–Kier alpha value is -1.79. The molecular formula is C17H26ClN4O2+. The van der Waals surface area contributed by atoms with Crippen molar-refractivity contribution in [3.8, 4) is 0 Å². The summed E-state index contributed by atoms with van der Waals surface area (Å²) in [5, 5.41) is 5.88. The SMILES string of the molecule is CC[C@H](C)NC(=O)NC(=O)C[NH+]1CCN(c2ccccc2Cl)CC1. The summed E-state index contributed by atoms with van der Waals surface area (Å²) in [6.07, 6.45) is 0.830. The summed E-state index contributed by atoms with van der Waals surface area (Å²) in [4.78, 5) is 27.0. The third-order valence-electron chi connectivity index (χ3n) is 4.32. The van der Waals surface area contributed by atoms with Crippen LogP contribution in [-0.4, -0.2) is 50.7 Å². The van der Waals surface area contributed by atoms with Gasteiger partial charge in [-0.2, -0.15) is 0 Å². The quantitative estimate of drug-likeness (QED) is 0.729. The van der Waals surface area contributed by atoms with Crippen molar-refractivity contribution in [3.63, 3.8) is 0 Å². The number of halogens is 1. The Morgan fingerprint density at radius 1 is 1.29 bits per heavy atom. The second-order valence-corrected chi connectivity index (χ2v) is 6.60. The van der Waals surface area contributed by atoms with Crippen LogP contribution in [-0.2, 0) is 4.79 Å². The lowest BCUT2D eigenvalue weighted by Crippen LogP contribution is -3.16. The van der Waals surface area contributed by atoms with E-state index in [1.54, 1.807) is 0 Å². The van der Waals surface area contributed by atoms with Gasteiger partial charge in [-0.3, -0.25) is 10.1 Å². The molecule has 3 amide bonds. The highest BCUT2D eigenvalue weighted by Crippen LogP contribution is 2.24. The van der Waals surface area contributed by atoms with E-state index in [0.717, 1.165) is 43.3 Å². The first-order chi connectivity index (χ1) is 11.5. The summed E-state index contributed by atoms with van der Waals surface area (Å²) in [5.41, 5.74) is 1.04. The number of piperazine rings is 1.